The van der Waals surface area contributed by atoms with Crippen LogP contribution in [0, 0.1) is 0 Å². The topological polar surface area (TPSA) is 20.2 Å². The highest BCUT2D eigenvalue weighted by Crippen LogP contribution is 2.28. The third-order valence-electron chi connectivity index (χ3n) is 2.27. The molecule has 0 fully saturated rings. The van der Waals surface area contributed by atoms with Crippen molar-refractivity contribution in [1.29, 1.82) is 0 Å². The van der Waals surface area contributed by atoms with Crippen LogP contribution in [-0.2, 0) is 0 Å². The molecule has 0 heterocycles. The van der Waals surface area contributed by atoms with E-state index in [2.05, 4.69) is 0 Å². The van der Waals surface area contributed by atoms with Crippen molar-refractivity contribution in [2.24, 2.45) is 0 Å². The van der Waals surface area contributed by atoms with Crippen molar-refractivity contribution in [1.82, 2.24) is 0 Å². The van der Waals surface area contributed by atoms with E-state index in [1.54, 1.807) is 6.07 Å². The monoisotopic (exact) mass is 230 g/mol. The van der Waals surface area contributed by atoms with Crippen LogP contribution in [0.3, 0.4) is 0 Å². The molecule has 0 aromatic heterocycles. The van der Waals surface area contributed by atoms with Crippen LogP contribution in [0.25, 0.3) is 12.2 Å². The average molecular weight is 231 g/mol. The van der Waals surface area contributed by atoms with Crippen LogP contribution >= 0.6 is 11.6 Å². The summed E-state index contributed by atoms with van der Waals surface area (Å²) >= 11 is 5.81. The zero-order chi connectivity index (χ0) is 11.4. The van der Waals surface area contributed by atoms with Crippen LogP contribution in [0.1, 0.15) is 11.1 Å². The predicted octanol–water partition coefficient (Wildman–Crippen LogP) is 4.22. The molecule has 2 rings (SSSR count). The van der Waals surface area contributed by atoms with Gasteiger partial charge in [-0.1, -0.05) is 66.2 Å². The van der Waals surface area contributed by atoms with Crippen molar-refractivity contribution < 1.29 is 5.11 Å². The second kappa shape index (κ2) is 4.86. The van der Waals surface area contributed by atoms with Crippen LogP contribution < -0.4 is 0 Å². The molecule has 0 saturated heterocycles. The second-order valence-corrected chi connectivity index (χ2v) is 3.83. The van der Waals surface area contributed by atoms with E-state index in [-0.39, 0.29) is 5.75 Å². The normalized spacial score (nSPS) is 10.8. The van der Waals surface area contributed by atoms with Crippen LogP contribution in [0.15, 0.2) is 48.5 Å². The summed E-state index contributed by atoms with van der Waals surface area (Å²) in [5.74, 6) is 0.122. The number of aromatic hydroxyl groups is 1. The van der Waals surface area contributed by atoms with Crippen LogP contribution in [0.5, 0.6) is 5.75 Å². The van der Waals surface area contributed by atoms with E-state index in [1.165, 1.54) is 0 Å². The van der Waals surface area contributed by atoms with Crippen molar-refractivity contribution in [2.45, 2.75) is 0 Å². The molecular weight excluding hydrogens is 220 g/mol. The number of para-hydroxylation sites is 1. The molecule has 80 valence electrons. The lowest BCUT2D eigenvalue weighted by Gasteiger charge is -2.00. The van der Waals surface area contributed by atoms with Gasteiger partial charge in [0.15, 0.2) is 0 Å². The van der Waals surface area contributed by atoms with Crippen molar-refractivity contribution in [3.8, 4) is 5.75 Å². The van der Waals surface area contributed by atoms with Gasteiger partial charge in [0, 0.05) is 5.56 Å². The Morgan fingerprint density at radius 2 is 1.62 bits per heavy atom. The van der Waals surface area contributed by atoms with E-state index in [0.29, 0.717) is 5.02 Å². The quantitative estimate of drug-likeness (QED) is 0.766. The van der Waals surface area contributed by atoms with Gasteiger partial charge < -0.3 is 5.11 Å². The van der Waals surface area contributed by atoms with Gasteiger partial charge in [-0.05, 0) is 11.6 Å². The summed E-state index contributed by atoms with van der Waals surface area (Å²) < 4.78 is 0. The molecule has 0 radical (unpaired) electrons. The van der Waals surface area contributed by atoms with Crippen molar-refractivity contribution >= 4 is 23.8 Å². The zero-order valence-corrected chi connectivity index (χ0v) is 9.35. The van der Waals surface area contributed by atoms with Crippen LogP contribution in [0.2, 0.25) is 5.02 Å². The number of phenols is 1. The van der Waals surface area contributed by atoms with Crippen molar-refractivity contribution in [3.63, 3.8) is 0 Å². The summed E-state index contributed by atoms with van der Waals surface area (Å²) in [6, 6.07) is 15.2. The third-order valence-corrected chi connectivity index (χ3v) is 2.58. The Morgan fingerprint density at radius 1 is 0.875 bits per heavy atom. The first-order chi connectivity index (χ1) is 7.77. The van der Waals surface area contributed by atoms with E-state index >= 15 is 0 Å². The Hall–Kier alpha value is -1.73. The number of halogens is 1. The maximum atomic E-state index is 9.69. The van der Waals surface area contributed by atoms with Crippen LogP contribution in [0.4, 0.5) is 0 Å². The highest BCUT2D eigenvalue weighted by Gasteiger charge is 2.00. The molecule has 0 unspecified atom stereocenters. The largest absolute Gasteiger partial charge is 0.506 e. The Bertz CT molecular complexity index is 503. The molecule has 0 spiro atoms. The first-order valence-corrected chi connectivity index (χ1v) is 5.36. The minimum absolute atomic E-state index is 0.122. The predicted molar refractivity (Wildman–Crippen MR) is 68.5 cm³/mol. The first kappa shape index (κ1) is 10.8. The number of rotatable bonds is 2. The molecule has 0 bridgehead atoms. The minimum atomic E-state index is 0.122. The summed E-state index contributed by atoms with van der Waals surface area (Å²) in [6.45, 7) is 0. The molecule has 1 nitrogen and oxygen atoms in total. The second-order valence-electron chi connectivity index (χ2n) is 3.42. The number of hydrogen-bond acceptors (Lipinski definition) is 1. The fourth-order valence-corrected chi connectivity index (χ4v) is 1.60. The Labute approximate surface area is 99.6 Å². The standard InChI is InChI=1S/C14H11ClO/c15-13-8-4-7-12(14(13)16)10-9-11-5-2-1-3-6-11/h1-10,16H. The van der Waals surface area contributed by atoms with Crippen LogP contribution in [-0.4, -0.2) is 5.11 Å². The minimum Gasteiger partial charge on any atom is -0.506 e. The maximum absolute atomic E-state index is 9.69. The Balaban J connectivity index is 2.28. The van der Waals surface area contributed by atoms with E-state index in [1.807, 2.05) is 54.6 Å². The van der Waals surface area contributed by atoms with Gasteiger partial charge in [0.1, 0.15) is 5.75 Å². The molecule has 1 N–H and O–H groups in total. The van der Waals surface area contributed by atoms with Gasteiger partial charge >= 0.3 is 0 Å². The number of phenolic OH excluding ortho intramolecular Hbond substituents is 1. The molecule has 0 aliphatic heterocycles. The van der Waals surface area contributed by atoms with E-state index in [0.717, 1.165) is 11.1 Å². The summed E-state index contributed by atoms with van der Waals surface area (Å²) in [4.78, 5) is 0. The van der Waals surface area contributed by atoms with E-state index in [9.17, 15) is 5.11 Å². The third kappa shape index (κ3) is 2.44. The zero-order valence-electron chi connectivity index (χ0n) is 8.60. The molecule has 16 heavy (non-hydrogen) atoms. The molecule has 0 aliphatic carbocycles. The lowest BCUT2D eigenvalue weighted by atomic mass is 10.1. The molecule has 0 aliphatic rings. The van der Waals surface area contributed by atoms with Gasteiger partial charge in [0.05, 0.1) is 5.02 Å². The van der Waals surface area contributed by atoms with Gasteiger partial charge in [-0.3, -0.25) is 0 Å². The van der Waals surface area contributed by atoms with Crippen molar-refractivity contribution in [2.75, 3.05) is 0 Å². The van der Waals surface area contributed by atoms with E-state index in [4.69, 9.17) is 11.6 Å². The SMILES string of the molecule is Oc1c(Cl)cccc1C=Cc1ccccc1. The fourth-order valence-electron chi connectivity index (χ4n) is 1.42. The average Bonchev–Trinajstić information content (AvgIpc) is 2.32. The summed E-state index contributed by atoms with van der Waals surface area (Å²) in [7, 11) is 0. The smallest absolute Gasteiger partial charge is 0.141 e. The number of hydrogen-bond donors (Lipinski definition) is 1. The number of benzene rings is 2. The van der Waals surface area contributed by atoms with Gasteiger partial charge in [-0.25, -0.2) is 0 Å². The van der Waals surface area contributed by atoms with Gasteiger partial charge in [-0.2, -0.15) is 0 Å². The summed E-state index contributed by atoms with van der Waals surface area (Å²) in [5, 5.41) is 10.1. The summed E-state index contributed by atoms with van der Waals surface area (Å²) in [5.41, 5.74) is 1.80. The molecule has 2 aromatic carbocycles. The lowest BCUT2D eigenvalue weighted by Crippen LogP contribution is -1.75. The van der Waals surface area contributed by atoms with Gasteiger partial charge in [-0.15, -0.1) is 0 Å². The maximum Gasteiger partial charge on any atom is 0.141 e. The van der Waals surface area contributed by atoms with Gasteiger partial charge in [0.2, 0.25) is 0 Å². The molecule has 2 heteroatoms. The first-order valence-electron chi connectivity index (χ1n) is 4.98. The summed E-state index contributed by atoms with van der Waals surface area (Å²) in [6.07, 6.45) is 3.78. The Kier molecular flexibility index (Phi) is 3.28. The van der Waals surface area contributed by atoms with Gasteiger partial charge in [0.25, 0.3) is 0 Å². The van der Waals surface area contributed by atoms with E-state index < -0.39 is 0 Å². The highest BCUT2D eigenvalue weighted by molar-refractivity contribution is 6.32. The molecule has 0 atom stereocenters. The molecule has 2 aromatic rings. The highest BCUT2D eigenvalue weighted by atomic mass is 35.5. The molecule has 0 saturated carbocycles. The molecule has 0 amide bonds. The molecular formula is C14H11ClO. The Morgan fingerprint density at radius 3 is 2.38 bits per heavy atom. The van der Waals surface area contributed by atoms with Crippen molar-refractivity contribution in [3.05, 3.63) is 64.7 Å². The lowest BCUT2D eigenvalue weighted by molar-refractivity contribution is 0.474. The fraction of sp³-hybridized carbons (Fsp3) is 0.